The van der Waals surface area contributed by atoms with Crippen molar-refractivity contribution in [3.63, 3.8) is 0 Å². The van der Waals surface area contributed by atoms with Crippen molar-refractivity contribution in [1.29, 1.82) is 0 Å². The van der Waals surface area contributed by atoms with Crippen molar-refractivity contribution in [3.05, 3.63) is 17.0 Å². The molecule has 0 aliphatic carbocycles. The number of nitrogens with two attached hydrogens (primary N) is 1. The molecule has 0 saturated heterocycles. The van der Waals surface area contributed by atoms with Gasteiger partial charge in [0.1, 0.15) is 0 Å². The first-order valence-corrected chi connectivity index (χ1v) is 5.72. The molecule has 100 valence electrons. The number of urea groups is 1. The molecule has 0 fully saturated rings. The molecule has 0 unspecified atom stereocenters. The molecular formula is C11H19N5O2. The Morgan fingerprint density at radius 2 is 1.94 bits per heavy atom. The van der Waals surface area contributed by atoms with Gasteiger partial charge in [0.2, 0.25) is 5.91 Å². The SMILES string of the molecule is Cc1nn(CCNC(=O)CNC(N)=O)c(C)c1C. The fourth-order valence-corrected chi connectivity index (χ4v) is 1.54. The van der Waals surface area contributed by atoms with Crippen LogP contribution in [0.25, 0.3) is 0 Å². The maximum absolute atomic E-state index is 11.3. The summed E-state index contributed by atoms with van der Waals surface area (Å²) in [5.74, 6) is -0.271. The van der Waals surface area contributed by atoms with Gasteiger partial charge in [-0.2, -0.15) is 5.10 Å². The van der Waals surface area contributed by atoms with E-state index >= 15 is 0 Å². The molecule has 0 aliphatic heterocycles. The molecule has 1 aromatic rings. The second-order valence-electron chi connectivity index (χ2n) is 4.09. The number of primary amides is 1. The number of amides is 3. The number of aromatic nitrogens is 2. The van der Waals surface area contributed by atoms with E-state index in [0.717, 1.165) is 17.0 Å². The second-order valence-corrected chi connectivity index (χ2v) is 4.09. The molecule has 0 bridgehead atoms. The van der Waals surface area contributed by atoms with Crippen molar-refractivity contribution in [2.24, 2.45) is 5.73 Å². The number of nitrogens with one attached hydrogen (secondary N) is 2. The predicted molar refractivity (Wildman–Crippen MR) is 67.0 cm³/mol. The van der Waals surface area contributed by atoms with Crippen LogP contribution in [-0.4, -0.2) is 34.8 Å². The van der Waals surface area contributed by atoms with Crippen molar-refractivity contribution in [2.75, 3.05) is 13.1 Å². The molecule has 3 amide bonds. The Bertz CT molecular complexity index is 453. The van der Waals surface area contributed by atoms with E-state index in [2.05, 4.69) is 15.7 Å². The van der Waals surface area contributed by atoms with Crippen molar-refractivity contribution in [2.45, 2.75) is 27.3 Å². The third-order valence-electron chi connectivity index (χ3n) is 2.81. The molecule has 18 heavy (non-hydrogen) atoms. The third-order valence-corrected chi connectivity index (χ3v) is 2.81. The van der Waals surface area contributed by atoms with E-state index in [4.69, 9.17) is 5.73 Å². The van der Waals surface area contributed by atoms with Gasteiger partial charge in [0.25, 0.3) is 0 Å². The lowest BCUT2D eigenvalue weighted by atomic mass is 10.2. The molecule has 4 N–H and O–H groups in total. The molecule has 1 aromatic heterocycles. The van der Waals surface area contributed by atoms with Crippen LogP contribution >= 0.6 is 0 Å². The number of carbonyl (C=O) groups excluding carboxylic acids is 2. The van der Waals surface area contributed by atoms with E-state index in [1.807, 2.05) is 25.5 Å². The Balaban J connectivity index is 2.35. The van der Waals surface area contributed by atoms with Crippen LogP contribution in [0.5, 0.6) is 0 Å². The van der Waals surface area contributed by atoms with Gasteiger partial charge in [-0.05, 0) is 26.3 Å². The number of rotatable bonds is 5. The van der Waals surface area contributed by atoms with Crippen LogP contribution in [-0.2, 0) is 11.3 Å². The Morgan fingerprint density at radius 3 is 2.44 bits per heavy atom. The number of hydrogen-bond donors (Lipinski definition) is 3. The smallest absolute Gasteiger partial charge is 0.312 e. The summed E-state index contributed by atoms with van der Waals surface area (Å²) in [7, 11) is 0. The van der Waals surface area contributed by atoms with Crippen molar-refractivity contribution in [1.82, 2.24) is 20.4 Å². The third kappa shape index (κ3) is 3.76. The highest BCUT2D eigenvalue weighted by Crippen LogP contribution is 2.09. The number of nitrogens with zero attached hydrogens (tertiary/aromatic N) is 2. The predicted octanol–water partition coefficient (Wildman–Crippen LogP) is -0.407. The first-order valence-electron chi connectivity index (χ1n) is 5.72. The number of carbonyl (C=O) groups is 2. The quantitative estimate of drug-likeness (QED) is 0.665. The average molecular weight is 253 g/mol. The van der Waals surface area contributed by atoms with Gasteiger partial charge in [-0.3, -0.25) is 9.48 Å². The second kappa shape index (κ2) is 6.04. The zero-order valence-electron chi connectivity index (χ0n) is 10.9. The summed E-state index contributed by atoms with van der Waals surface area (Å²) in [6.45, 7) is 6.92. The monoisotopic (exact) mass is 253 g/mol. The van der Waals surface area contributed by atoms with E-state index in [1.165, 1.54) is 0 Å². The highest BCUT2D eigenvalue weighted by Gasteiger charge is 2.07. The molecule has 0 atom stereocenters. The Kier molecular flexibility index (Phi) is 4.70. The molecule has 0 aromatic carbocycles. The maximum Gasteiger partial charge on any atom is 0.312 e. The van der Waals surface area contributed by atoms with E-state index in [9.17, 15) is 9.59 Å². The van der Waals surface area contributed by atoms with Gasteiger partial charge in [0.15, 0.2) is 0 Å². The fraction of sp³-hybridized carbons (Fsp3) is 0.545. The van der Waals surface area contributed by atoms with Gasteiger partial charge in [0.05, 0.1) is 18.8 Å². The molecule has 0 radical (unpaired) electrons. The van der Waals surface area contributed by atoms with E-state index in [1.54, 1.807) is 0 Å². The summed E-state index contributed by atoms with van der Waals surface area (Å²) in [6, 6.07) is -0.709. The summed E-state index contributed by atoms with van der Waals surface area (Å²) in [6.07, 6.45) is 0. The summed E-state index contributed by atoms with van der Waals surface area (Å²) >= 11 is 0. The van der Waals surface area contributed by atoms with Gasteiger partial charge in [-0.15, -0.1) is 0 Å². The minimum absolute atomic E-state index is 0.106. The van der Waals surface area contributed by atoms with Crippen LogP contribution in [0.1, 0.15) is 17.0 Å². The standard InChI is InChI=1S/C11H19N5O2/c1-7-8(2)15-16(9(7)3)5-4-13-10(17)6-14-11(12)18/h4-6H2,1-3H3,(H,13,17)(H3,12,14,18). The van der Waals surface area contributed by atoms with Gasteiger partial charge >= 0.3 is 6.03 Å². The summed E-state index contributed by atoms with van der Waals surface area (Å²) in [5, 5.41) is 9.25. The van der Waals surface area contributed by atoms with E-state index in [-0.39, 0.29) is 12.5 Å². The number of aryl methyl sites for hydroxylation is 1. The Hall–Kier alpha value is -2.05. The lowest BCUT2D eigenvalue weighted by molar-refractivity contribution is -0.120. The van der Waals surface area contributed by atoms with Crippen molar-refractivity contribution >= 4 is 11.9 Å². The first kappa shape index (κ1) is 14.0. The lowest BCUT2D eigenvalue weighted by Crippen LogP contribution is -2.40. The van der Waals surface area contributed by atoms with Crippen molar-refractivity contribution in [3.8, 4) is 0 Å². The van der Waals surface area contributed by atoms with Gasteiger partial charge in [0, 0.05) is 12.2 Å². The average Bonchev–Trinajstić information content (AvgIpc) is 2.54. The van der Waals surface area contributed by atoms with E-state index in [0.29, 0.717) is 13.1 Å². The molecule has 1 rings (SSSR count). The fourth-order valence-electron chi connectivity index (χ4n) is 1.54. The van der Waals surface area contributed by atoms with Crippen LogP contribution < -0.4 is 16.4 Å². The summed E-state index contributed by atoms with van der Waals surface area (Å²) in [5.41, 5.74) is 8.11. The summed E-state index contributed by atoms with van der Waals surface area (Å²) < 4.78 is 1.85. The zero-order chi connectivity index (χ0) is 13.7. The molecular weight excluding hydrogens is 234 g/mol. The minimum atomic E-state index is -0.709. The molecule has 0 spiro atoms. The Morgan fingerprint density at radius 1 is 1.28 bits per heavy atom. The van der Waals surface area contributed by atoms with E-state index < -0.39 is 6.03 Å². The van der Waals surface area contributed by atoms with Crippen LogP contribution in [0.15, 0.2) is 0 Å². The van der Waals surface area contributed by atoms with Crippen LogP contribution in [0.2, 0.25) is 0 Å². The Labute approximate surface area is 106 Å². The minimum Gasteiger partial charge on any atom is -0.353 e. The highest BCUT2D eigenvalue weighted by atomic mass is 16.2. The van der Waals surface area contributed by atoms with Crippen molar-refractivity contribution < 1.29 is 9.59 Å². The van der Waals surface area contributed by atoms with Crippen LogP contribution in [0.4, 0.5) is 4.79 Å². The molecule has 0 saturated carbocycles. The first-order chi connectivity index (χ1) is 8.41. The zero-order valence-corrected chi connectivity index (χ0v) is 10.9. The number of hydrogen-bond acceptors (Lipinski definition) is 3. The molecule has 7 nitrogen and oxygen atoms in total. The van der Waals surface area contributed by atoms with Gasteiger partial charge in [-0.1, -0.05) is 0 Å². The normalized spacial score (nSPS) is 10.2. The molecule has 1 heterocycles. The van der Waals surface area contributed by atoms with Gasteiger partial charge < -0.3 is 16.4 Å². The molecule has 0 aliphatic rings. The molecule has 7 heteroatoms. The van der Waals surface area contributed by atoms with Crippen LogP contribution in [0.3, 0.4) is 0 Å². The van der Waals surface area contributed by atoms with Gasteiger partial charge in [-0.25, -0.2) is 4.79 Å². The topological polar surface area (TPSA) is 102 Å². The lowest BCUT2D eigenvalue weighted by Gasteiger charge is -2.07. The maximum atomic E-state index is 11.3. The highest BCUT2D eigenvalue weighted by molar-refractivity contribution is 5.83. The largest absolute Gasteiger partial charge is 0.353 e. The summed E-state index contributed by atoms with van der Waals surface area (Å²) in [4.78, 5) is 21.7. The van der Waals surface area contributed by atoms with Crippen LogP contribution in [0, 0.1) is 20.8 Å².